The predicted molar refractivity (Wildman–Crippen MR) is 104 cm³/mol. The molecule has 1 atom stereocenters. The van der Waals surface area contributed by atoms with Crippen molar-refractivity contribution in [3.05, 3.63) is 41.3 Å². The first kappa shape index (κ1) is 17.5. The first-order valence-corrected chi connectivity index (χ1v) is 9.23. The smallest absolute Gasteiger partial charge is 0.263 e. The largest absolute Gasteiger partial charge is 0.355 e. The molecule has 27 heavy (non-hydrogen) atoms. The van der Waals surface area contributed by atoms with Gasteiger partial charge < -0.3 is 14.7 Å². The SMILES string of the molecule is Cc1cccc(NC(=O)C2CCCN(c3ncnc4onc(C)c34)C2)c1C. The number of carbonyl (C=O) groups excluding carboxylic acids is 1. The molecule has 1 aromatic carbocycles. The van der Waals surface area contributed by atoms with Gasteiger partial charge in [-0.25, -0.2) is 4.98 Å². The van der Waals surface area contributed by atoms with Crippen LogP contribution in [-0.4, -0.2) is 34.1 Å². The third-order valence-electron chi connectivity index (χ3n) is 5.38. The molecular weight excluding hydrogens is 342 g/mol. The average Bonchev–Trinajstić information content (AvgIpc) is 3.07. The Bertz CT molecular complexity index is 997. The maximum absolute atomic E-state index is 12.9. The Morgan fingerprint density at radius 2 is 2.11 bits per heavy atom. The molecule has 1 aliphatic rings. The van der Waals surface area contributed by atoms with Gasteiger partial charge in [-0.05, 0) is 50.8 Å². The molecule has 4 rings (SSSR count). The minimum atomic E-state index is -0.0937. The Labute approximate surface area is 157 Å². The topological polar surface area (TPSA) is 84.2 Å². The van der Waals surface area contributed by atoms with Gasteiger partial charge in [-0.15, -0.1) is 0 Å². The van der Waals surface area contributed by atoms with Gasteiger partial charge in [0.2, 0.25) is 5.91 Å². The number of nitrogens with zero attached hydrogens (tertiary/aromatic N) is 4. The lowest BCUT2D eigenvalue weighted by atomic mass is 9.96. The molecule has 0 spiro atoms. The number of rotatable bonds is 3. The van der Waals surface area contributed by atoms with Crippen LogP contribution in [0.3, 0.4) is 0 Å². The number of nitrogens with one attached hydrogen (secondary N) is 1. The average molecular weight is 365 g/mol. The van der Waals surface area contributed by atoms with E-state index in [-0.39, 0.29) is 11.8 Å². The normalized spacial score (nSPS) is 17.3. The fraction of sp³-hybridized carbons (Fsp3) is 0.400. The van der Waals surface area contributed by atoms with Crippen LogP contribution < -0.4 is 10.2 Å². The van der Waals surface area contributed by atoms with Crippen LogP contribution >= 0.6 is 0 Å². The van der Waals surface area contributed by atoms with E-state index in [1.54, 1.807) is 0 Å². The monoisotopic (exact) mass is 365 g/mol. The van der Waals surface area contributed by atoms with Crippen molar-refractivity contribution in [3.8, 4) is 0 Å². The summed E-state index contributed by atoms with van der Waals surface area (Å²) < 4.78 is 5.25. The van der Waals surface area contributed by atoms with Gasteiger partial charge in [0, 0.05) is 18.8 Å². The molecule has 0 saturated carbocycles. The Balaban J connectivity index is 1.55. The van der Waals surface area contributed by atoms with Crippen molar-refractivity contribution >= 4 is 28.5 Å². The summed E-state index contributed by atoms with van der Waals surface area (Å²) in [5.74, 6) is 0.757. The fourth-order valence-corrected chi connectivity index (χ4v) is 3.65. The quantitative estimate of drug-likeness (QED) is 0.766. The lowest BCUT2D eigenvalue weighted by Crippen LogP contribution is -2.41. The van der Waals surface area contributed by atoms with E-state index in [1.165, 1.54) is 11.9 Å². The van der Waals surface area contributed by atoms with Crippen LogP contribution in [0, 0.1) is 26.7 Å². The van der Waals surface area contributed by atoms with Gasteiger partial charge >= 0.3 is 0 Å². The Morgan fingerprint density at radius 3 is 2.96 bits per heavy atom. The number of aromatic nitrogens is 3. The third kappa shape index (κ3) is 3.25. The highest BCUT2D eigenvalue weighted by atomic mass is 16.5. The molecule has 1 fully saturated rings. The van der Waals surface area contributed by atoms with E-state index in [0.29, 0.717) is 12.3 Å². The zero-order valence-corrected chi connectivity index (χ0v) is 15.8. The molecule has 140 valence electrons. The van der Waals surface area contributed by atoms with E-state index in [4.69, 9.17) is 4.52 Å². The summed E-state index contributed by atoms with van der Waals surface area (Å²) in [6.07, 6.45) is 3.28. The Kier molecular flexibility index (Phi) is 4.51. The summed E-state index contributed by atoms with van der Waals surface area (Å²) in [4.78, 5) is 23.6. The predicted octanol–water partition coefficient (Wildman–Crippen LogP) is 3.40. The maximum Gasteiger partial charge on any atom is 0.263 e. The third-order valence-corrected chi connectivity index (χ3v) is 5.38. The van der Waals surface area contributed by atoms with E-state index < -0.39 is 0 Å². The highest BCUT2D eigenvalue weighted by Gasteiger charge is 2.29. The molecule has 1 amide bonds. The summed E-state index contributed by atoms with van der Waals surface area (Å²) >= 11 is 0. The number of anilines is 2. The molecule has 1 aliphatic heterocycles. The standard InChI is InChI=1S/C20H23N5O2/c1-12-6-4-8-16(13(12)2)23-19(26)15-7-5-9-25(10-15)18-17-14(3)24-27-20(17)22-11-21-18/h4,6,8,11,15H,5,7,9-10H2,1-3H3,(H,23,26). The first-order valence-electron chi connectivity index (χ1n) is 9.23. The van der Waals surface area contributed by atoms with Crippen molar-refractivity contribution < 1.29 is 9.32 Å². The summed E-state index contributed by atoms with van der Waals surface area (Å²) in [5, 5.41) is 7.93. The van der Waals surface area contributed by atoms with Crippen LogP contribution in [0.5, 0.6) is 0 Å². The highest BCUT2D eigenvalue weighted by molar-refractivity contribution is 5.94. The van der Waals surface area contributed by atoms with Crippen molar-refractivity contribution in [1.29, 1.82) is 0 Å². The van der Waals surface area contributed by atoms with E-state index in [2.05, 4.69) is 38.3 Å². The zero-order valence-electron chi connectivity index (χ0n) is 15.8. The number of hydrogen-bond donors (Lipinski definition) is 1. The van der Waals surface area contributed by atoms with Gasteiger partial charge in [0.1, 0.15) is 17.5 Å². The van der Waals surface area contributed by atoms with Crippen molar-refractivity contribution in [2.45, 2.75) is 33.6 Å². The molecule has 1 saturated heterocycles. The number of benzene rings is 1. The summed E-state index contributed by atoms with van der Waals surface area (Å²) in [6, 6.07) is 5.97. The van der Waals surface area contributed by atoms with Crippen molar-refractivity contribution in [2.24, 2.45) is 5.92 Å². The van der Waals surface area contributed by atoms with Gasteiger partial charge in [0.15, 0.2) is 0 Å². The minimum absolute atomic E-state index is 0.0562. The molecule has 7 heteroatoms. The zero-order chi connectivity index (χ0) is 19.0. The fourth-order valence-electron chi connectivity index (χ4n) is 3.65. The number of carbonyl (C=O) groups is 1. The van der Waals surface area contributed by atoms with Crippen LogP contribution in [0.1, 0.15) is 29.7 Å². The lowest BCUT2D eigenvalue weighted by molar-refractivity contribution is -0.120. The van der Waals surface area contributed by atoms with E-state index in [0.717, 1.165) is 47.5 Å². The van der Waals surface area contributed by atoms with E-state index in [9.17, 15) is 4.79 Å². The highest BCUT2D eigenvalue weighted by Crippen LogP contribution is 2.30. The number of hydrogen-bond acceptors (Lipinski definition) is 6. The number of amides is 1. The van der Waals surface area contributed by atoms with Gasteiger partial charge in [-0.2, -0.15) is 4.98 Å². The van der Waals surface area contributed by atoms with Gasteiger partial charge in [-0.3, -0.25) is 4.79 Å². The van der Waals surface area contributed by atoms with Gasteiger partial charge in [0.25, 0.3) is 5.71 Å². The van der Waals surface area contributed by atoms with E-state index >= 15 is 0 Å². The van der Waals surface area contributed by atoms with Gasteiger partial charge in [-0.1, -0.05) is 17.3 Å². The van der Waals surface area contributed by atoms with E-state index in [1.807, 2.05) is 26.0 Å². The van der Waals surface area contributed by atoms with Crippen LogP contribution in [-0.2, 0) is 4.79 Å². The molecule has 1 unspecified atom stereocenters. The molecule has 3 aromatic rings. The maximum atomic E-state index is 12.9. The van der Waals surface area contributed by atoms with Crippen molar-refractivity contribution in [3.63, 3.8) is 0 Å². The van der Waals surface area contributed by atoms with Crippen LogP contribution in [0.15, 0.2) is 29.0 Å². The Hall–Kier alpha value is -2.96. The Morgan fingerprint density at radius 1 is 1.26 bits per heavy atom. The molecule has 1 N–H and O–H groups in total. The lowest BCUT2D eigenvalue weighted by Gasteiger charge is -2.33. The number of piperidine rings is 1. The second-order valence-electron chi connectivity index (χ2n) is 7.17. The minimum Gasteiger partial charge on any atom is -0.355 e. The molecular formula is C20H23N5O2. The summed E-state index contributed by atoms with van der Waals surface area (Å²) in [6.45, 7) is 7.43. The van der Waals surface area contributed by atoms with Crippen LogP contribution in [0.4, 0.5) is 11.5 Å². The molecule has 0 bridgehead atoms. The molecule has 7 nitrogen and oxygen atoms in total. The van der Waals surface area contributed by atoms with Crippen molar-refractivity contribution in [2.75, 3.05) is 23.3 Å². The first-order chi connectivity index (χ1) is 13.0. The molecule has 0 aliphatic carbocycles. The second kappa shape index (κ2) is 6.98. The summed E-state index contributed by atoms with van der Waals surface area (Å²) in [7, 11) is 0. The van der Waals surface area contributed by atoms with Crippen LogP contribution in [0.25, 0.3) is 11.1 Å². The molecule has 2 aromatic heterocycles. The summed E-state index contributed by atoms with van der Waals surface area (Å²) in [5.41, 5.74) is 4.42. The molecule has 3 heterocycles. The number of aryl methyl sites for hydroxylation is 2. The van der Waals surface area contributed by atoms with Gasteiger partial charge in [0.05, 0.1) is 11.6 Å². The second-order valence-corrected chi connectivity index (χ2v) is 7.17. The van der Waals surface area contributed by atoms with Crippen LogP contribution in [0.2, 0.25) is 0 Å². The number of fused-ring (bicyclic) bond motifs is 1. The van der Waals surface area contributed by atoms with Crippen molar-refractivity contribution in [1.82, 2.24) is 15.1 Å². The molecule has 0 radical (unpaired) electrons.